The molecule has 7 aliphatic rings. The molecule has 122 valence electrons. The summed E-state index contributed by atoms with van der Waals surface area (Å²) in [6.07, 6.45) is 1.28. The van der Waals surface area contributed by atoms with Crippen molar-refractivity contribution in [2.24, 2.45) is 46.8 Å². The summed E-state index contributed by atoms with van der Waals surface area (Å²) < 4.78 is 10.8. The monoisotopic (exact) mass is 378 g/mol. The summed E-state index contributed by atoms with van der Waals surface area (Å²) in [5.41, 5.74) is 1.54. The highest BCUT2D eigenvalue weighted by Gasteiger charge is 2.86. The second kappa shape index (κ2) is 3.42. The summed E-state index contributed by atoms with van der Waals surface area (Å²) in [5.74, 6) is 2.17. The SMILES string of the molecule is CC1(C)OC(=O)C(=C2C3C4[C@H]5C[C@@H]3C3C5C(Br)[C@@]4(C)C23)C(=O)O1. The summed E-state index contributed by atoms with van der Waals surface area (Å²) in [5, 5.41) is 0. The zero-order valence-electron chi connectivity index (χ0n) is 13.3. The molecule has 1 saturated heterocycles. The van der Waals surface area contributed by atoms with Crippen LogP contribution in [0.25, 0.3) is 0 Å². The highest BCUT2D eigenvalue weighted by Crippen LogP contribution is 2.89. The molecule has 6 saturated carbocycles. The first-order valence-corrected chi connectivity index (χ1v) is 9.54. The first kappa shape index (κ1) is 13.5. The zero-order chi connectivity index (χ0) is 16.0. The number of ether oxygens (including phenoxy) is 2. The number of hydrogen-bond donors (Lipinski definition) is 0. The fourth-order valence-corrected chi connectivity index (χ4v) is 9.34. The minimum atomic E-state index is -1.15. The lowest BCUT2D eigenvalue weighted by molar-refractivity contribution is -0.222. The molecule has 7 rings (SSSR count). The van der Waals surface area contributed by atoms with Crippen LogP contribution in [-0.4, -0.2) is 22.6 Å². The Morgan fingerprint density at radius 3 is 2.30 bits per heavy atom. The van der Waals surface area contributed by atoms with Crippen LogP contribution in [0.3, 0.4) is 0 Å². The van der Waals surface area contributed by atoms with E-state index in [2.05, 4.69) is 22.9 Å². The molecule has 0 aromatic heterocycles. The fourth-order valence-electron chi connectivity index (χ4n) is 8.01. The zero-order valence-corrected chi connectivity index (χ0v) is 14.9. The Labute approximate surface area is 143 Å². The molecule has 6 bridgehead atoms. The molecule has 6 aliphatic carbocycles. The maximum absolute atomic E-state index is 12.6. The van der Waals surface area contributed by atoms with E-state index in [-0.39, 0.29) is 11.0 Å². The van der Waals surface area contributed by atoms with E-state index in [0.717, 1.165) is 17.4 Å². The maximum Gasteiger partial charge on any atom is 0.348 e. The van der Waals surface area contributed by atoms with Crippen LogP contribution < -0.4 is 0 Å². The van der Waals surface area contributed by atoms with Crippen molar-refractivity contribution in [2.75, 3.05) is 0 Å². The largest absolute Gasteiger partial charge is 0.419 e. The lowest BCUT2D eigenvalue weighted by atomic mass is 9.64. The second-order valence-corrected chi connectivity index (χ2v) is 10.0. The van der Waals surface area contributed by atoms with Crippen molar-refractivity contribution in [3.8, 4) is 0 Å². The Kier molecular flexibility index (Phi) is 2.00. The lowest BCUT2D eigenvalue weighted by Gasteiger charge is -2.39. The molecule has 0 aromatic rings. The molecule has 1 heterocycles. The number of cyclic esters (lactones) is 2. The lowest BCUT2D eigenvalue weighted by Crippen LogP contribution is -2.42. The van der Waals surface area contributed by atoms with Crippen molar-refractivity contribution in [3.05, 3.63) is 11.1 Å². The van der Waals surface area contributed by atoms with E-state index in [4.69, 9.17) is 9.47 Å². The Balaban J connectivity index is 1.57. The van der Waals surface area contributed by atoms with Crippen molar-refractivity contribution in [3.63, 3.8) is 0 Å². The fraction of sp³-hybridized carbons (Fsp3) is 0.778. The number of carbonyl (C=O) groups excluding carboxylic acids is 2. The molecule has 4 nitrogen and oxygen atoms in total. The normalized spacial score (nSPS) is 59.5. The number of hydrogen-bond acceptors (Lipinski definition) is 4. The first-order valence-electron chi connectivity index (χ1n) is 8.62. The van der Waals surface area contributed by atoms with Gasteiger partial charge in [0.05, 0.1) is 0 Å². The van der Waals surface area contributed by atoms with E-state index in [1.807, 2.05) is 0 Å². The standard InChI is InChI=1S/C18H19BrO4/c1-17(2)22-15(20)11(16(21)23-17)10-8-5-4-6-9-7(5)13(10)18(3,12(6)8)14(9)19/h5-9,12-14H,4H2,1-3H3/t5-,6+,7?,8?,9?,12?,13?,14?,18-/m1/s1. The van der Waals surface area contributed by atoms with E-state index >= 15 is 0 Å². The molecule has 0 N–H and O–H groups in total. The summed E-state index contributed by atoms with van der Waals surface area (Å²) >= 11 is 3.99. The van der Waals surface area contributed by atoms with Gasteiger partial charge in [0, 0.05) is 18.7 Å². The van der Waals surface area contributed by atoms with Gasteiger partial charge in [-0.25, -0.2) is 9.59 Å². The third-order valence-electron chi connectivity index (χ3n) is 8.06. The van der Waals surface area contributed by atoms with Gasteiger partial charge in [-0.2, -0.15) is 0 Å². The van der Waals surface area contributed by atoms with E-state index in [0.29, 0.717) is 34.4 Å². The predicted octanol–water partition coefficient (Wildman–Crippen LogP) is 2.66. The van der Waals surface area contributed by atoms with Gasteiger partial charge >= 0.3 is 11.9 Å². The molecule has 9 atom stereocenters. The Morgan fingerprint density at radius 1 is 1.04 bits per heavy atom. The first-order chi connectivity index (χ1) is 10.8. The van der Waals surface area contributed by atoms with Crippen molar-refractivity contribution in [1.82, 2.24) is 0 Å². The second-order valence-electron chi connectivity index (χ2n) is 9.02. The van der Waals surface area contributed by atoms with Gasteiger partial charge in [0.2, 0.25) is 0 Å². The van der Waals surface area contributed by atoms with Gasteiger partial charge in [-0.3, -0.25) is 0 Å². The molecule has 0 amide bonds. The van der Waals surface area contributed by atoms with E-state index in [1.165, 1.54) is 6.42 Å². The molecule has 0 aromatic carbocycles. The number of allylic oxidation sites excluding steroid dienone is 1. The number of rotatable bonds is 0. The topological polar surface area (TPSA) is 52.6 Å². The molecule has 5 heteroatoms. The highest BCUT2D eigenvalue weighted by atomic mass is 79.9. The maximum atomic E-state index is 12.6. The van der Waals surface area contributed by atoms with E-state index in [1.54, 1.807) is 13.8 Å². The van der Waals surface area contributed by atoms with Gasteiger partial charge in [0.15, 0.2) is 0 Å². The van der Waals surface area contributed by atoms with Crippen molar-refractivity contribution in [1.29, 1.82) is 0 Å². The van der Waals surface area contributed by atoms with Crippen LogP contribution in [0.1, 0.15) is 27.2 Å². The molecule has 6 unspecified atom stereocenters. The Morgan fingerprint density at radius 2 is 1.70 bits per heavy atom. The van der Waals surface area contributed by atoms with E-state index < -0.39 is 17.7 Å². The minimum Gasteiger partial charge on any atom is -0.419 e. The summed E-state index contributed by atoms with van der Waals surface area (Å²) in [4.78, 5) is 25.7. The van der Waals surface area contributed by atoms with Crippen LogP contribution in [0.5, 0.6) is 0 Å². The summed E-state index contributed by atoms with van der Waals surface area (Å²) in [6.45, 7) is 5.60. The van der Waals surface area contributed by atoms with Crippen LogP contribution >= 0.6 is 15.9 Å². The molecule has 23 heavy (non-hydrogen) atoms. The third kappa shape index (κ3) is 1.12. The van der Waals surface area contributed by atoms with Gasteiger partial charge < -0.3 is 9.47 Å². The van der Waals surface area contributed by atoms with Gasteiger partial charge in [-0.05, 0) is 58.8 Å². The van der Waals surface area contributed by atoms with Crippen molar-refractivity contribution < 1.29 is 19.1 Å². The van der Waals surface area contributed by atoms with Gasteiger partial charge in [0.25, 0.3) is 5.79 Å². The van der Waals surface area contributed by atoms with Gasteiger partial charge in [-0.15, -0.1) is 0 Å². The van der Waals surface area contributed by atoms with Gasteiger partial charge in [-0.1, -0.05) is 22.9 Å². The molecule has 0 spiro atoms. The van der Waals surface area contributed by atoms with Gasteiger partial charge in [0.1, 0.15) is 5.57 Å². The molecule has 7 fully saturated rings. The number of alkyl halides is 1. The molecule has 1 aliphatic heterocycles. The number of halogens is 1. The summed E-state index contributed by atoms with van der Waals surface area (Å²) in [7, 11) is 0. The third-order valence-corrected chi connectivity index (χ3v) is 9.66. The molecular weight excluding hydrogens is 360 g/mol. The molecule has 0 radical (unpaired) electrons. The van der Waals surface area contributed by atoms with Crippen LogP contribution in [0.15, 0.2) is 11.1 Å². The number of carbonyl (C=O) groups is 2. The highest BCUT2D eigenvalue weighted by molar-refractivity contribution is 9.09. The average molecular weight is 379 g/mol. The molecular formula is C18H19BrO4. The van der Waals surface area contributed by atoms with Crippen LogP contribution in [0, 0.1) is 46.8 Å². The minimum absolute atomic E-state index is 0.202. The van der Waals surface area contributed by atoms with Crippen molar-refractivity contribution in [2.45, 2.75) is 37.8 Å². The van der Waals surface area contributed by atoms with Crippen LogP contribution in [-0.2, 0) is 19.1 Å². The quantitative estimate of drug-likeness (QED) is 0.281. The van der Waals surface area contributed by atoms with Crippen molar-refractivity contribution >= 4 is 27.9 Å². The van der Waals surface area contributed by atoms with Crippen LogP contribution in [0.4, 0.5) is 0 Å². The van der Waals surface area contributed by atoms with E-state index in [9.17, 15) is 9.59 Å². The number of esters is 2. The van der Waals surface area contributed by atoms with Crippen LogP contribution in [0.2, 0.25) is 0 Å². The smallest absolute Gasteiger partial charge is 0.348 e. The summed E-state index contributed by atoms with van der Waals surface area (Å²) in [6, 6.07) is 0. The predicted molar refractivity (Wildman–Crippen MR) is 83.2 cm³/mol. The average Bonchev–Trinajstić information content (AvgIpc) is 3.12. The Bertz CT molecular complexity index is 715. The Hall–Kier alpha value is -0.840.